The maximum atomic E-state index is 6.00. The Kier molecular flexibility index (Phi) is 8.97. The van der Waals surface area contributed by atoms with Gasteiger partial charge in [-0.3, -0.25) is 0 Å². The fourth-order valence-corrected chi connectivity index (χ4v) is 3.20. The summed E-state index contributed by atoms with van der Waals surface area (Å²) in [6.07, 6.45) is -0.0807. The van der Waals surface area contributed by atoms with Crippen molar-refractivity contribution in [2.24, 2.45) is 11.3 Å². The van der Waals surface area contributed by atoms with Crippen LogP contribution in [0, 0.1) is 11.3 Å². The van der Waals surface area contributed by atoms with Crippen molar-refractivity contribution in [2.45, 2.75) is 33.5 Å². The standard InChI is InChI=1S/C24H34O4/c1-24(2,3)22(18-27-15-14-25-4)23(26-5)20-12-9-13-21(16-20)28-17-19-10-7-6-8-11-19/h6-13,16,22-23H,14-15,17-18H2,1-5H3. The summed E-state index contributed by atoms with van der Waals surface area (Å²) in [6.45, 7) is 9.00. The van der Waals surface area contributed by atoms with Gasteiger partial charge in [-0.25, -0.2) is 0 Å². The first-order chi connectivity index (χ1) is 13.5. The Morgan fingerprint density at radius 3 is 2.29 bits per heavy atom. The summed E-state index contributed by atoms with van der Waals surface area (Å²) >= 11 is 0. The second-order valence-electron chi connectivity index (χ2n) is 8.04. The van der Waals surface area contributed by atoms with Crippen molar-refractivity contribution in [3.63, 3.8) is 0 Å². The zero-order valence-electron chi connectivity index (χ0n) is 17.8. The van der Waals surface area contributed by atoms with Crippen molar-refractivity contribution in [2.75, 3.05) is 34.0 Å². The molecule has 4 heteroatoms. The van der Waals surface area contributed by atoms with Gasteiger partial charge in [0, 0.05) is 20.1 Å². The van der Waals surface area contributed by atoms with Crippen LogP contribution < -0.4 is 4.74 Å². The molecule has 2 aromatic carbocycles. The Morgan fingerprint density at radius 1 is 0.893 bits per heavy atom. The highest BCUT2D eigenvalue weighted by Crippen LogP contribution is 2.39. The minimum absolute atomic E-state index is 0.0225. The van der Waals surface area contributed by atoms with Gasteiger partial charge in [0.25, 0.3) is 0 Å². The molecule has 0 fully saturated rings. The summed E-state index contributed by atoms with van der Waals surface area (Å²) in [6, 6.07) is 18.4. The van der Waals surface area contributed by atoms with E-state index < -0.39 is 0 Å². The van der Waals surface area contributed by atoms with E-state index in [0.29, 0.717) is 26.4 Å². The first-order valence-corrected chi connectivity index (χ1v) is 9.82. The summed E-state index contributed by atoms with van der Waals surface area (Å²) < 4.78 is 22.9. The van der Waals surface area contributed by atoms with Gasteiger partial charge in [-0.2, -0.15) is 0 Å². The number of benzene rings is 2. The van der Waals surface area contributed by atoms with Crippen LogP contribution in [-0.4, -0.2) is 34.0 Å². The molecule has 0 radical (unpaired) electrons. The van der Waals surface area contributed by atoms with Crippen LogP contribution in [-0.2, 0) is 20.8 Å². The molecular weight excluding hydrogens is 352 g/mol. The first-order valence-electron chi connectivity index (χ1n) is 9.82. The molecule has 0 bridgehead atoms. The Balaban J connectivity index is 2.11. The Hall–Kier alpha value is -1.88. The fourth-order valence-electron chi connectivity index (χ4n) is 3.20. The number of hydrogen-bond acceptors (Lipinski definition) is 4. The smallest absolute Gasteiger partial charge is 0.120 e. The third-order valence-electron chi connectivity index (χ3n) is 4.90. The highest BCUT2D eigenvalue weighted by atomic mass is 16.5. The maximum Gasteiger partial charge on any atom is 0.120 e. The van der Waals surface area contributed by atoms with E-state index in [1.807, 2.05) is 30.3 Å². The normalized spacial score (nSPS) is 13.9. The molecule has 2 unspecified atom stereocenters. The van der Waals surface area contributed by atoms with Gasteiger partial charge in [0.2, 0.25) is 0 Å². The van der Waals surface area contributed by atoms with Crippen molar-refractivity contribution in [3.8, 4) is 5.75 Å². The van der Waals surface area contributed by atoms with E-state index >= 15 is 0 Å². The summed E-state index contributed by atoms with van der Waals surface area (Å²) in [7, 11) is 3.44. The molecule has 0 aromatic heterocycles. The Labute approximate surface area is 169 Å². The molecule has 0 aliphatic rings. The molecule has 0 N–H and O–H groups in total. The Morgan fingerprint density at radius 2 is 1.64 bits per heavy atom. The highest BCUT2D eigenvalue weighted by Gasteiger charge is 2.34. The van der Waals surface area contributed by atoms with Crippen molar-refractivity contribution < 1.29 is 18.9 Å². The molecule has 0 aliphatic carbocycles. The van der Waals surface area contributed by atoms with E-state index in [4.69, 9.17) is 18.9 Å². The van der Waals surface area contributed by atoms with Crippen molar-refractivity contribution in [3.05, 3.63) is 65.7 Å². The summed E-state index contributed by atoms with van der Waals surface area (Å²) in [4.78, 5) is 0. The predicted octanol–water partition coefficient (Wildman–Crippen LogP) is 5.28. The van der Waals surface area contributed by atoms with Crippen molar-refractivity contribution >= 4 is 0 Å². The molecule has 0 amide bonds. The summed E-state index contributed by atoms with van der Waals surface area (Å²) in [5.74, 6) is 1.04. The SMILES string of the molecule is COCCOCC(C(OC)c1cccc(OCc2ccccc2)c1)C(C)(C)C. The van der Waals surface area contributed by atoms with Crippen LogP contribution in [0.4, 0.5) is 0 Å². The molecule has 0 saturated heterocycles. The minimum atomic E-state index is -0.0807. The second-order valence-corrected chi connectivity index (χ2v) is 8.04. The molecule has 0 spiro atoms. The van der Waals surface area contributed by atoms with E-state index in [-0.39, 0.29) is 17.4 Å². The molecule has 0 aliphatic heterocycles. The second kappa shape index (κ2) is 11.2. The van der Waals surface area contributed by atoms with Gasteiger partial charge in [0.05, 0.1) is 25.9 Å². The highest BCUT2D eigenvalue weighted by molar-refractivity contribution is 5.31. The van der Waals surface area contributed by atoms with Gasteiger partial charge < -0.3 is 18.9 Å². The summed E-state index contributed by atoms with van der Waals surface area (Å²) in [5.41, 5.74) is 2.27. The van der Waals surface area contributed by atoms with Crippen LogP contribution in [0.3, 0.4) is 0 Å². The largest absolute Gasteiger partial charge is 0.489 e. The van der Waals surface area contributed by atoms with Crippen LogP contribution in [0.15, 0.2) is 54.6 Å². The van der Waals surface area contributed by atoms with Crippen LogP contribution in [0.2, 0.25) is 0 Å². The molecule has 2 atom stereocenters. The van der Waals surface area contributed by atoms with Crippen LogP contribution in [0.1, 0.15) is 38.0 Å². The predicted molar refractivity (Wildman–Crippen MR) is 113 cm³/mol. The van der Waals surface area contributed by atoms with Crippen LogP contribution >= 0.6 is 0 Å². The van der Waals surface area contributed by atoms with E-state index in [1.165, 1.54) is 0 Å². The molecule has 4 nitrogen and oxygen atoms in total. The number of methoxy groups -OCH3 is 2. The average molecular weight is 387 g/mol. The Bertz CT molecular complexity index is 679. The van der Waals surface area contributed by atoms with Gasteiger partial charge >= 0.3 is 0 Å². The molecular formula is C24H34O4. The molecule has 0 saturated carbocycles. The third kappa shape index (κ3) is 6.93. The lowest BCUT2D eigenvalue weighted by molar-refractivity contribution is -0.0515. The zero-order chi connectivity index (χ0) is 20.4. The lowest BCUT2D eigenvalue weighted by Gasteiger charge is -2.36. The van der Waals surface area contributed by atoms with Gasteiger partial charge in [0.15, 0.2) is 0 Å². The topological polar surface area (TPSA) is 36.9 Å². The van der Waals surface area contributed by atoms with E-state index in [2.05, 4.69) is 45.0 Å². The maximum absolute atomic E-state index is 6.00. The lowest BCUT2D eigenvalue weighted by Crippen LogP contribution is -2.32. The third-order valence-corrected chi connectivity index (χ3v) is 4.90. The van der Waals surface area contributed by atoms with Crippen molar-refractivity contribution in [1.82, 2.24) is 0 Å². The fraction of sp³-hybridized carbons (Fsp3) is 0.500. The minimum Gasteiger partial charge on any atom is -0.489 e. The molecule has 2 rings (SSSR count). The van der Waals surface area contributed by atoms with Gasteiger partial charge in [0.1, 0.15) is 12.4 Å². The van der Waals surface area contributed by atoms with Crippen molar-refractivity contribution in [1.29, 1.82) is 0 Å². The lowest BCUT2D eigenvalue weighted by atomic mass is 9.76. The zero-order valence-corrected chi connectivity index (χ0v) is 17.8. The molecule has 2 aromatic rings. The number of hydrogen-bond donors (Lipinski definition) is 0. The molecule has 28 heavy (non-hydrogen) atoms. The average Bonchev–Trinajstić information content (AvgIpc) is 2.69. The monoisotopic (exact) mass is 386 g/mol. The number of ether oxygens (including phenoxy) is 4. The van der Waals surface area contributed by atoms with Gasteiger partial charge in [-0.15, -0.1) is 0 Å². The molecule has 0 heterocycles. The van der Waals surface area contributed by atoms with E-state index in [1.54, 1.807) is 14.2 Å². The van der Waals surface area contributed by atoms with Gasteiger partial charge in [-0.1, -0.05) is 63.2 Å². The quantitative estimate of drug-likeness (QED) is 0.493. The van der Waals surface area contributed by atoms with E-state index in [0.717, 1.165) is 16.9 Å². The molecule has 154 valence electrons. The number of rotatable bonds is 11. The van der Waals surface area contributed by atoms with Gasteiger partial charge in [-0.05, 0) is 28.7 Å². The first kappa shape index (κ1) is 22.4. The van der Waals surface area contributed by atoms with Crippen LogP contribution in [0.5, 0.6) is 5.75 Å². The van der Waals surface area contributed by atoms with E-state index in [9.17, 15) is 0 Å². The summed E-state index contributed by atoms with van der Waals surface area (Å²) in [5, 5.41) is 0. The van der Waals surface area contributed by atoms with Crippen LogP contribution in [0.25, 0.3) is 0 Å².